The molecule has 1 heterocycles. The van der Waals surface area contributed by atoms with Gasteiger partial charge >= 0.3 is 0 Å². The highest BCUT2D eigenvalue weighted by atomic mass is 15.3. The third-order valence-corrected chi connectivity index (χ3v) is 3.65. The van der Waals surface area contributed by atoms with E-state index in [4.69, 9.17) is 5.84 Å². The molecule has 4 nitrogen and oxygen atoms in total. The predicted molar refractivity (Wildman–Crippen MR) is 64.5 cm³/mol. The zero-order valence-corrected chi connectivity index (χ0v) is 10.0. The maximum absolute atomic E-state index is 5.66. The summed E-state index contributed by atoms with van der Waals surface area (Å²) in [5.74, 6) is 7.57. The van der Waals surface area contributed by atoms with E-state index in [1.807, 2.05) is 12.4 Å². The Kier molecular flexibility index (Phi) is 3.96. The van der Waals surface area contributed by atoms with Gasteiger partial charge in [0.15, 0.2) is 0 Å². The molecule has 1 saturated carbocycles. The molecule has 0 amide bonds. The minimum atomic E-state index is 0.207. The highest BCUT2D eigenvalue weighted by molar-refractivity contribution is 4.99. The van der Waals surface area contributed by atoms with Crippen LogP contribution in [0.15, 0.2) is 12.4 Å². The Balaban J connectivity index is 2.03. The van der Waals surface area contributed by atoms with Crippen LogP contribution in [0.1, 0.15) is 50.9 Å². The molecule has 0 aromatic carbocycles. The van der Waals surface area contributed by atoms with Crippen LogP contribution in [-0.2, 0) is 6.54 Å². The molecule has 1 aromatic heterocycles. The first-order chi connectivity index (χ1) is 7.85. The van der Waals surface area contributed by atoms with Crippen molar-refractivity contribution in [2.75, 3.05) is 0 Å². The maximum Gasteiger partial charge on any atom is 0.127 e. The zero-order valence-electron chi connectivity index (χ0n) is 10.0. The van der Waals surface area contributed by atoms with Gasteiger partial charge in [0.25, 0.3) is 0 Å². The first kappa shape index (κ1) is 11.6. The number of aromatic nitrogens is 2. The summed E-state index contributed by atoms with van der Waals surface area (Å²) in [5.41, 5.74) is 2.92. The predicted octanol–water partition coefficient (Wildman–Crippen LogP) is 1.99. The van der Waals surface area contributed by atoms with Crippen LogP contribution < -0.4 is 11.3 Å². The number of nitrogens with two attached hydrogens (primary N) is 1. The molecular weight excluding hydrogens is 200 g/mol. The molecule has 1 aliphatic rings. The van der Waals surface area contributed by atoms with Gasteiger partial charge in [-0.15, -0.1) is 0 Å². The van der Waals surface area contributed by atoms with Gasteiger partial charge < -0.3 is 4.57 Å². The molecule has 16 heavy (non-hydrogen) atoms. The van der Waals surface area contributed by atoms with Crippen LogP contribution in [0.2, 0.25) is 0 Å². The Bertz CT molecular complexity index is 315. The molecule has 1 fully saturated rings. The van der Waals surface area contributed by atoms with Gasteiger partial charge in [0, 0.05) is 18.9 Å². The van der Waals surface area contributed by atoms with Gasteiger partial charge in [-0.25, -0.2) is 10.4 Å². The third kappa shape index (κ3) is 2.44. The van der Waals surface area contributed by atoms with Crippen molar-refractivity contribution in [3.05, 3.63) is 18.2 Å². The molecule has 90 valence electrons. The fourth-order valence-corrected chi connectivity index (χ4v) is 2.73. The van der Waals surface area contributed by atoms with Crippen LogP contribution >= 0.6 is 0 Å². The van der Waals surface area contributed by atoms with Crippen molar-refractivity contribution in [2.24, 2.45) is 11.8 Å². The Morgan fingerprint density at radius 3 is 2.94 bits per heavy atom. The van der Waals surface area contributed by atoms with Crippen LogP contribution in [0, 0.1) is 5.92 Å². The second-order valence-corrected chi connectivity index (χ2v) is 4.68. The summed E-state index contributed by atoms with van der Waals surface area (Å²) in [6, 6.07) is 0.207. The molecule has 2 rings (SSSR count). The Hall–Kier alpha value is -0.870. The highest BCUT2D eigenvalue weighted by Gasteiger charge is 2.22. The second-order valence-electron chi connectivity index (χ2n) is 4.68. The first-order valence-electron chi connectivity index (χ1n) is 6.32. The summed E-state index contributed by atoms with van der Waals surface area (Å²) >= 11 is 0. The number of imidazole rings is 1. The van der Waals surface area contributed by atoms with Crippen molar-refractivity contribution in [3.8, 4) is 0 Å². The summed E-state index contributed by atoms with van der Waals surface area (Å²) in [6.45, 7) is 3.09. The van der Waals surface area contributed by atoms with Gasteiger partial charge in [-0.2, -0.15) is 0 Å². The lowest BCUT2D eigenvalue weighted by Crippen LogP contribution is -2.31. The molecule has 3 N–H and O–H groups in total. The molecule has 1 aliphatic carbocycles. The maximum atomic E-state index is 5.66. The standard InChI is InChI=1S/C12H22N4/c1-2-16-8-7-14-12(16)11(15-13)9-10-5-3-4-6-10/h7-8,10-11,15H,2-6,9,13H2,1H3. The average Bonchev–Trinajstić information content (AvgIpc) is 2.96. The van der Waals surface area contributed by atoms with Crippen LogP contribution in [0.3, 0.4) is 0 Å². The molecule has 0 spiro atoms. The molecule has 0 saturated heterocycles. The number of rotatable bonds is 5. The molecule has 0 radical (unpaired) electrons. The van der Waals surface area contributed by atoms with Crippen molar-refractivity contribution in [1.29, 1.82) is 0 Å². The fraction of sp³-hybridized carbons (Fsp3) is 0.750. The number of nitrogens with zero attached hydrogens (tertiary/aromatic N) is 2. The van der Waals surface area contributed by atoms with E-state index in [0.29, 0.717) is 0 Å². The highest BCUT2D eigenvalue weighted by Crippen LogP contribution is 2.32. The molecular formula is C12H22N4. The number of nitrogens with one attached hydrogen (secondary N) is 1. The van der Waals surface area contributed by atoms with Crippen LogP contribution in [0.4, 0.5) is 0 Å². The quantitative estimate of drug-likeness (QED) is 0.591. The lowest BCUT2D eigenvalue weighted by atomic mass is 9.98. The lowest BCUT2D eigenvalue weighted by Gasteiger charge is -2.20. The van der Waals surface area contributed by atoms with Crippen molar-refractivity contribution < 1.29 is 0 Å². The van der Waals surface area contributed by atoms with E-state index in [1.165, 1.54) is 25.7 Å². The van der Waals surface area contributed by atoms with Crippen LogP contribution in [0.25, 0.3) is 0 Å². The number of hydrazine groups is 1. The van der Waals surface area contributed by atoms with Crippen molar-refractivity contribution in [2.45, 2.75) is 51.6 Å². The topological polar surface area (TPSA) is 55.9 Å². The van der Waals surface area contributed by atoms with Crippen molar-refractivity contribution >= 4 is 0 Å². The van der Waals surface area contributed by atoms with E-state index in [-0.39, 0.29) is 6.04 Å². The second kappa shape index (κ2) is 5.46. The molecule has 4 heteroatoms. The van der Waals surface area contributed by atoms with E-state index in [1.54, 1.807) is 0 Å². The van der Waals surface area contributed by atoms with E-state index in [0.717, 1.165) is 24.7 Å². The van der Waals surface area contributed by atoms with E-state index in [2.05, 4.69) is 21.9 Å². The van der Waals surface area contributed by atoms with E-state index in [9.17, 15) is 0 Å². The van der Waals surface area contributed by atoms with Gasteiger partial charge in [0.05, 0.1) is 6.04 Å². The van der Waals surface area contributed by atoms with Gasteiger partial charge in [-0.05, 0) is 19.3 Å². The fourth-order valence-electron chi connectivity index (χ4n) is 2.73. The minimum absolute atomic E-state index is 0.207. The first-order valence-corrected chi connectivity index (χ1v) is 6.32. The largest absolute Gasteiger partial charge is 0.334 e. The van der Waals surface area contributed by atoms with E-state index >= 15 is 0 Å². The molecule has 1 unspecified atom stereocenters. The molecule has 1 atom stereocenters. The smallest absolute Gasteiger partial charge is 0.127 e. The van der Waals surface area contributed by atoms with Gasteiger partial charge in [-0.1, -0.05) is 25.7 Å². The van der Waals surface area contributed by atoms with Crippen LogP contribution in [0.5, 0.6) is 0 Å². The number of hydrogen-bond acceptors (Lipinski definition) is 3. The molecule has 1 aromatic rings. The zero-order chi connectivity index (χ0) is 11.4. The SMILES string of the molecule is CCn1ccnc1C(CC1CCCC1)NN. The van der Waals surface area contributed by atoms with E-state index < -0.39 is 0 Å². The molecule has 0 aliphatic heterocycles. The van der Waals surface area contributed by atoms with Crippen molar-refractivity contribution in [1.82, 2.24) is 15.0 Å². The lowest BCUT2D eigenvalue weighted by molar-refractivity contribution is 0.378. The number of aryl methyl sites for hydroxylation is 1. The Morgan fingerprint density at radius 1 is 1.56 bits per heavy atom. The summed E-state index contributed by atoms with van der Waals surface area (Å²) < 4.78 is 2.17. The van der Waals surface area contributed by atoms with Gasteiger partial charge in [0.1, 0.15) is 5.82 Å². The minimum Gasteiger partial charge on any atom is -0.334 e. The molecule has 0 bridgehead atoms. The monoisotopic (exact) mass is 222 g/mol. The normalized spacial score (nSPS) is 19.1. The van der Waals surface area contributed by atoms with Crippen LogP contribution in [-0.4, -0.2) is 9.55 Å². The Labute approximate surface area is 97.2 Å². The summed E-state index contributed by atoms with van der Waals surface area (Å²) in [4.78, 5) is 4.42. The summed E-state index contributed by atoms with van der Waals surface area (Å²) in [5, 5.41) is 0. The third-order valence-electron chi connectivity index (χ3n) is 3.65. The summed E-state index contributed by atoms with van der Waals surface area (Å²) in [6.07, 6.45) is 10.5. The van der Waals surface area contributed by atoms with Gasteiger partial charge in [-0.3, -0.25) is 5.84 Å². The average molecular weight is 222 g/mol. The summed E-state index contributed by atoms with van der Waals surface area (Å²) in [7, 11) is 0. The van der Waals surface area contributed by atoms with Crippen molar-refractivity contribution in [3.63, 3.8) is 0 Å². The van der Waals surface area contributed by atoms with Gasteiger partial charge in [0.2, 0.25) is 0 Å². The Morgan fingerprint density at radius 2 is 2.31 bits per heavy atom. The number of hydrogen-bond donors (Lipinski definition) is 2.